The van der Waals surface area contributed by atoms with Crippen molar-refractivity contribution >= 4 is 5.91 Å². The molecule has 0 aromatic rings. The van der Waals surface area contributed by atoms with Gasteiger partial charge < -0.3 is 10.4 Å². The van der Waals surface area contributed by atoms with E-state index in [1.807, 2.05) is 6.92 Å². The van der Waals surface area contributed by atoms with E-state index in [4.69, 9.17) is 5.11 Å². The van der Waals surface area contributed by atoms with E-state index in [2.05, 4.69) is 12.2 Å². The molecule has 3 nitrogen and oxygen atoms in total. The van der Waals surface area contributed by atoms with Gasteiger partial charge in [-0.2, -0.15) is 0 Å². The topological polar surface area (TPSA) is 49.3 Å². The van der Waals surface area contributed by atoms with Crippen LogP contribution in [-0.4, -0.2) is 24.2 Å². The second-order valence-electron chi connectivity index (χ2n) is 2.91. The Morgan fingerprint density at radius 2 is 2.17 bits per heavy atom. The lowest BCUT2D eigenvalue weighted by molar-refractivity contribution is -0.125. The molecule has 1 atom stereocenters. The average molecular weight is 173 g/mol. The summed E-state index contributed by atoms with van der Waals surface area (Å²) >= 11 is 0. The molecule has 0 rings (SSSR count). The zero-order chi connectivity index (χ0) is 9.40. The summed E-state index contributed by atoms with van der Waals surface area (Å²) < 4.78 is 0. The maximum atomic E-state index is 11.3. The van der Waals surface area contributed by atoms with Crippen molar-refractivity contribution in [2.75, 3.05) is 13.2 Å². The van der Waals surface area contributed by atoms with Crippen molar-refractivity contribution in [3.05, 3.63) is 0 Å². The number of aliphatic hydroxyl groups is 1. The van der Waals surface area contributed by atoms with Crippen LogP contribution in [0.2, 0.25) is 0 Å². The zero-order valence-electron chi connectivity index (χ0n) is 7.97. The number of hydrogen-bond donors (Lipinski definition) is 2. The van der Waals surface area contributed by atoms with E-state index in [0.717, 1.165) is 19.3 Å². The highest BCUT2D eigenvalue weighted by atomic mass is 16.3. The van der Waals surface area contributed by atoms with Gasteiger partial charge in [0, 0.05) is 12.5 Å². The van der Waals surface area contributed by atoms with Crippen molar-refractivity contribution in [2.24, 2.45) is 5.92 Å². The first-order chi connectivity index (χ1) is 5.76. The quantitative estimate of drug-likeness (QED) is 0.627. The molecule has 0 saturated carbocycles. The number of amides is 1. The summed E-state index contributed by atoms with van der Waals surface area (Å²) in [5.74, 6) is 0.204. The van der Waals surface area contributed by atoms with E-state index < -0.39 is 0 Å². The second-order valence-corrected chi connectivity index (χ2v) is 2.91. The molecule has 0 saturated heterocycles. The predicted molar refractivity (Wildman–Crippen MR) is 48.8 cm³/mol. The van der Waals surface area contributed by atoms with E-state index in [0.29, 0.717) is 6.54 Å². The summed E-state index contributed by atoms with van der Waals surface area (Å²) in [6.45, 7) is 4.48. The first-order valence-corrected chi connectivity index (χ1v) is 4.64. The minimum atomic E-state index is 0.0221. The fourth-order valence-electron chi connectivity index (χ4n) is 1.19. The average Bonchev–Trinajstić information content (AvgIpc) is 2.10. The Balaban J connectivity index is 3.69. The third kappa shape index (κ3) is 4.34. The van der Waals surface area contributed by atoms with Gasteiger partial charge in [0.2, 0.25) is 5.91 Å². The lowest BCUT2D eigenvalue weighted by Crippen LogP contribution is -2.32. The fraction of sp³-hybridized carbons (Fsp3) is 0.889. The molecule has 0 aromatic heterocycles. The van der Waals surface area contributed by atoms with Crippen LogP contribution in [0.3, 0.4) is 0 Å². The number of carbonyl (C=O) groups is 1. The normalized spacial score (nSPS) is 12.6. The van der Waals surface area contributed by atoms with Gasteiger partial charge in [-0.3, -0.25) is 4.79 Å². The van der Waals surface area contributed by atoms with Crippen molar-refractivity contribution in [1.29, 1.82) is 0 Å². The van der Waals surface area contributed by atoms with Crippen LogP contribution in [0.4, 0.5) is 0 Å². The summed E-state index contributed by atoms with van der Waals surface area (Å²) in [6, 6.07) is 0. The first-order valence-electron chi connectivity index (χ1n) is 4.64. The van der Waals surface area contributed by atoms with Gasteiger partial charge in [-0.15, -0.1) is 0 Å². The molecule has 0 aromatic carbocycles. The predicted octanol–water partition coefficient (Wildman–Crippen LogP) is 0.921. The lowest BCUT2D eigenvalue weighted by Gasteiger charge is -2.12. The number of rotatable bonds is 6. The molecule has 12 heavy (non-hydrogen) atoms. The number of aliphatic hydroxyl groups excluding tert-OH is 1. The molecule has 0 radical (unpaired) electrons. The Hall–Kier alpha value is -0.570. The lowest BCUT2D eigenvalue weighted by atomic mass is 10.00. The Labute approximate surface area is 74.2 Å². The van der Waals surface area contributed by atoms with Crippen molar-refractivity contribution in [1.82, 2.24) is 5.32 Å². The Morgan fingerprint density at radius 1 is 1.50 bits per heavy atom. The van der Waals surface area contributed by atoms with Crippen molar-refractivity contribution in [3.63, 3.8) is 0 Å². The summed E-state index contributed by atoms with van der Waals surface area (Å²) in [5.41, 5.74) is 0. The molecule has 0 unspecified atom stereocenters. The molecular weight excluding hydrogens is 154 g/mol. The molecule has 1 amide bonds. The van der Waals surface area contributed by atoms with Gasteiger partial charge in [0.1, 0.15) is 0 Å². The molecule has 0 bridgehead atoms. The smallest absolute Gasteiger partial charge is 0.223 e. The highest BCUT2D eigenvalue weighted by Crippen LogP contribution is 2.09. The largest absolute Gasteiger partial charge is 0.395 e. The molecule has 0 aliphatic heterocycles. The standard InChI is InChI=1S/C9H19NO2/c1-3-5-8(4-2)9(12)10-6-7-11/h8,11H,3-7H2,1-2H3,(H,10,12)/t8-/m1/s1. The minimum Gasteiger partial charge on any atom is -0.395 e. The van der Waals surface area contributed by atoms with Crippen LogP contribution in [0.1, 0.15) is 33.1 Å². The van der Waals surface area contributed by atoms with E-state index in [1.54, 1.807) is 0 Å². The maximum absolute atomic E-state index is 11.3. The Kier molecular flexibility index (Phi) is 6.76. The van der Waals surface area contributed by atoms with Gasteiger partial charge in [0.05, 0.1) is 6.61 Å². The Bertz CT molecular complexity index is 126. The Morgan fingerprint density at radius 3 is 2.58 bits per heavy atom. The molecule has 2 N–H and O–H groups in total. The van der Waals surface area contributed by atoms with Crippen molar-refractivity contribution < 1.29 is 9.90 Å². The number of nitrogens with one attached hydrogen (secondary N) is 1. The fourth-order valence-corrected chi connectivity index (χ4v) is 1.19. The van der Waals surface area contributed by atoms with Gasteiger partial charge in [-0.25, -0.2) is 0 Å². The molecular formula is C9H19NO2. The third-order valence-corrected chi connectivity index (χ3v) is 1.91. The second kappa shape index (κ2) is 7.10. The van der Waals surface area contributed by atoms with Crippen molar-refractivity contribution in [2.45, 2.75) is 33.1 Å². The summed E-state index contributed by atoms with van der Waals surface area (Å²) in [7, 11) is 0. The van der Waals surface area contributed by atoms with Crippen LogP contribution in [0.5, 0.6) is 0 Å². The molecule has 3 heteroatoms. The minimum absolute atomic E-state index is 0.0221. The monoisotopic (exact) mass is 173 g/mol. The van der Waals surface area contributed by atoms with Crippen LogP contribution in [0.25, 0.3) is 0 Å². The first kappa shape index (κ1) is 11.4. The van der Waals surface area contributed by atoms with Crippen molar-refractivity contribution in [3.8, 4) is 0 Å². The molecule has 0 aliphatic carbocycles. The van der Waals surface area contributed by atoms with Crippen LogP contribution in [0, 0.1) is 5.92 Å². The maximum Gasteiger partial charge on any atom is 0.223 e. The molecule has 0 fully saturated rings. The van der Waals surface area contributed by atoms with Crippen LogP contribution in [-0.2, 0) is 4.79 Å². The molecule has 0 aliphatic rings. The summed E-state index contributed by atoms with van der Waals surface area (Å²) in [6.07, 6.45) is 2.85. The van der Waals surface area contributed by atoms with Gasteiger partial charge in [0.15, 0.2) is 0 Å². The number of carbonyl (C=O) groups excluding carboxylic acids is 1. The van der Waals surface area contributed by atoms with Crippen LogP contribution in [0.15, 0.2) is 0 Å². The molecule has 0 spiro atoms. The van der Waals surface area contributed by atoms with E-state index in [1.165, 1.54) is 0 Å². The van der Waals surface area contributed by atoms with Gasteiger partial charge in [-0.05, 0) is 12.8 Å². The van der Waals surface area contributed by atoms with E-state index >= 15 is 0 Å². The highest BCUT2D eigenvalue weighted by Gasteiger charge is 2.13. The highest BCUT2D eigenvalue weighted by molar-refractivity contribution is 5.78. The zero-order valence-corrected chi connectivity index (χ0v) is 7.97. The van der Waals surface area contributed by atoms with Gasteiger partial charge in [-0.1, -0.05) is 20.3 Å². The van der Waals surface area contributed by atoms with Gasteiger partial charge in [0.25, 0.3) is 0 Å². The van der Waals surface area contributed by atoms with Gasteiger partial charge >= 0.3 is 0 Å². The summed E-state index contributed by atoms with van der Waals surface area (Å²) in [4.78, 5) is 11.3. The molecule has 72 valence electrons. The number of hydrogen-bond acceptors (Lipinski definition) is 2. The SMILES string of the molecule is CCC[C@@H](CC)C(=O)NCCO. The van der Waals surface area contributed by atoms with E-state index in [-0.39, 0.29) is 18.4 Å². The molecule has 0 heterocycles. The summed E-state index contributed by atoms with van der Waals surface area (Å²) in [5, 5.41) is 11.2. The van der Waals surface area contributed by atoms with Crippen LogP contribution < -0.4 is 5.32 Å². The van der Waals surface area contributed by atoms with Crippen LogP contribution >= 0.6 is 0 Å². The third-order valence-electron chi connectivity index (χ3n) is 1.91. The van der Waals surface area contributed by atoms with E-state index in [9.17, 15) is 4.79 Å².